The van der Waals surface area contributed by atoms with E-state index in [9.17, 15) is 23.1 Å². The van der Waals surface area contributed by atoms with Crippen LogP contribution >= 0.6 is 11.6 Å². The van der Waals surface area contributed by atoms with Crippen molar-refractivity contribution in [3.8, 4) is 11.5 Å². The number of rotatable bonds is 10. The highest BCUT2D eigenvalue weighted by atomic mass is 35.5. The summed E-state index contributed by atoms with van der Waals surface area (Å²) in [5.74, 6) is -1.08. The van der Waals surface area contributed by atoms with Crippen LogP contribution in [0.4, 0.5) is 0 Å². The molecule has 0 aliphatic carbocycles. The van der Waals surface area contributed by atoms with Crippen LogP contribution in [0.5, 0.6) is 11.5 Å². The maximum Gasteiger partial charge on any atom is 0.327 e. The lowest BCUT2D eigenvalue weighted by molar-refractivity contribution is -0.147. The quantitative estimate of drug-likeness (QED) is 0.396. The van der Waals surface area contributed by atoms with Gasteiger partial charge in [0.05, 0.1) is 30.8 Å². The molecule has 31 heavy (non-hydrogen) atoms. The Morgan fingerprint density at radius 2 is 1.74 bits per heavy atom. The first kappa shape index (κ1) is 24.6. The van der Waals surface area contributed by atoms with Crippen molar-refractivity contribution in [2.45, 2.75) is 24.0 Å². The Morgan fingerprint density at radius 3 is 2.29 bits per heavy atom. The van der Waals surface area contributed by atoms with Gasteiger partial charge in [0.2, 0.25) is 15.8 Å². The number of ether oxygens (including phenoxy) is 3. The van der Waals surface area contributed by atoms with Gasteiger partial charge in [-0.2, -0.15) is 4.72 Å². The number of methoxy groups -OCH3 is 2. The molecule has 9 nitrogen and oxygen atoms in total. The first-order valence-corrected chi connectivity index (χ1v) is 10.8. The van der Waals surface area contributed by atoms with Gasteiger partial charge in [-0.1, -0.05) is 11.6 Å². The zero-order valence-electron chi connectivity index (χ0n) is 17.0. The molecule has 2 atom stereocenters. The van der Waals surface area contributed by atoms with Crippen molar-refractivity contribution in [1.82, 2.24) is 4.72 Å². The van der Waals surface area contributed by atoms with Gasteiger partial charge < -0.3 is 19.3 Å². The number of aliphatic hydroxyl groups is 1. The highest BCUT2D eigenvalue weighted by Crippen LogP contribution is 2.24. The summed E-state index contributed by atoms with van der Waals surface area (Å²) >= 11 is 5.75. The summed E-state index contributed by atoms with van der Waals surface area (Å²) in [4.78, 5) is 24.8. The number of hydrogen-bond donors (Lipinski definition) is 2. The predicted molar refractivity (Wildman–Crippen MR) is 112 cm³/mol. The molecule has 2 rings (SSSR count). The molecule has 2 aromatic carbocycles. The number of hydrogen-bond acceptors (Lipinski definition) is 8. The van der Waals surface area contributed by atoms with Gasteiger partial charge in [0.15, 0.2) is 6.61 Å². The standard InChI is InChI=1S/C20H22ClNO8S/c1-12(23)19(22-31(26,27)15-7-4-13(21)5-8-15)20(25)30-11-17(24)16-10-14(28-2)6-9-18(16)29-3/h4-10,12,19,22-23H,11H2,1-3H3. The third-order valence-corrected chi connectivity index (χ3v) is 5.90. The summed E-state index contributed by atoms with van der Waals surface area (Å²) in [5.41, 5.74) is 0.116. The Bertz CT molecular complexity index is 1040. The minimum absolute atomic E-state index is 0.116. The molecule has 11 heteroatoms. The average molecular weight is 472 g/mol. The number of esters is 1. The molecule has 0 aliphatic heterocycles. The molecular formula is C20H22ClNO8S. The normalized spacial score (nSPS) is 13.2. The van der Waals surface area contributed by atoms with E-state index in [1.807, 2.05) is 0 Å². The Hall–Kier alpha value is -2.66. The smallest absolute Gasteiger partial charge is 0.327 e. The topological polar surface area (TPSA) is 128 Å². The van der Waals surface area contributed by atoms with E-state index in [0.29, 0.717) is 10.8 Å². The molecule has 2 N–H and O–H groups in total. The maximum absolute atomic E-state index is 12.5. The Kier molecular flexibility index (Phi) is 8.40. The SMILES string of the molecule is COc1ccc(OC)c(C(=O)COC(=O)C(NS(=O)(=O)c2ccc(Cl)cc2)C(C)O)c1. The molecule has 0 amide bonds. The highest BCUT2D eigenvalue weighted by Gasteiger charge is 2.31. The number of ketones is 1. The lowest BCUT2D eigenvalue weighted by atomic mass is 10.1. The van der Waals surface area contributed by atoms with E-state index in [0.717, 1.165) is 0 Å². The van der Waals surface area contributed by atoms with E-state index in [1.165, 1.54) is 57.5 Å². The van der Waals surface area contributed by atoms with Gasteiger partial charge in [-0.3, -0.25) is 9.59 Å². The summed E-state index contributed by atoms with van der Waals surface area (Å²) in [6, 6.07) is 8.12. The van der Waals surface area contributed by atoms with Crippen molar-refractivity contribution in [2.75, 3.05) is 20.8 Å². The highest BCUT2D eigenvalue weighted by molar-refractivity contribution is 7.89. The summed E-state index contributed by atoms with van der Waals surface area (Å²) < 4.78 is 42.3. The average Bonchev–Trinajstić information content (AvgIpc) is 2.75. The van der Waals surface area contributed by atoms with Crippen LogP contribution in [0.1, 0.15) is 17.3 Å². The second-order valence-corrected chi connectivity index (χ2v) is 8.54. The molecule has 0 aromatic heterocycles. The molecule has 0 spiro atoms. The van der Waals surface area contributed by atoms with Crippen molar-refractivity contribution >= 4 is 33.4 Å². The maximum atomic E-state index is 12.5. The van der Waals surface area contributed by atoms with Crippen molar-refractivity contribution in [1.29, 1.82) is 0 Å². The minimum atomic E-state index is -4.17. The summed E-state index contributed by atoms with van der Waals surface area (Å²) in [5, 5.41) is 10.2. The first-order chi connectivity index (χ1) is 14.6. The monoisotopic (exact) mass is 471 g/mol. The van der Waals surface area contributed by atoms with Crippen LogP contribution in [-0.2, 0) is 19.6 Å². The third kappa shape index (κ3) is 6.41. The lowest BCUT2D eigenvalue weighted by Gasteiger charge is -2.20. The van der Waals surface area contributed by atoms with Crippen molar-refractivity contribution in [3.05, 3.63) is 53.1 Å². The van der Waals surface area contributed by atoms with Gasteiger partial charge in [0.25, 0.3) is 0 Å². The number of halogens is 1. The summed E-state index contributed by atoms with van der Waals surface area (Å²) in [6.45, 7) is 0.511. The van der Waals surface area contributed by atoms with Gasteiger partial charge in [0, 0.05) is 5.02 Å². The largest absolute Gasteiger partial charge is 0.497 e. The molecule has 168 valence electrons. The van der Waals surface area contributed by atoms with Gasteiger partial charge in [-0.25, -0.2) is 8.42 Å². The Morgan fingerprint density at radius 1 is 1.10 bits per heavy atom. The molecule has 0 saturated carbocycles. The van der Waals surface area contributed by atoms with E-state index in [2.05, 4.69) is 4.72 Å². The molecule has 0 bridgehead atoms. The molecule has 0 saturated heterocycles. The van der Waals surface area contributed by atoms with Crippen molar-refractivity contribution < 1.29 is 37.3 Å². The van der Waals surface area contributed by atoms with E-state index in [-0.39, 0.29) is 16.2 Å². The van der Waals surface area contributed by atoms with Crippen molar-refractivity contribution in [3.63, 3.8) is 0 Å². The third-order valence-electron chi connectivity index (χ3n) is 4.19. The fraction of sp³-hybridized carbons (Fsp3) is 0.300. The Balaban J connectivity index is 2.13. The van der Waals surface area contributed by atoms with E-state index in [4.69, 9.17) is 25.8 Å². The molecule has 2 unspecified atom stereocenters. The van der Waals surface area contributed by atoms with Gasteiger partial charge in [-0.05, 0) is 49.4 Å². The molecule has 0 fully saturated rings. The number of carbonyl (C=O) groups excluding carboxylic acids is 2. The summed E-state index contributed by atoms with van der Waals surface area (Å²) in [6.07, 6.45) is -1.43. The number of Topliss-reactive ketones (excluding diaryl/α,β-unsaturated/α-hetero) is 1. The van der Waals surface area contributed by atoms with Gasteiger partial charge >= 0.3 is 5.97 Å². The summed E-state index contributed by atoms with van der Waals surface area (Å²) in [7, 11) is -1.37. The van der Waals surface area contributed by atoms with Crippen LogP contribution in [0.3, 0.4) is 0 Å². The molecular weight excluding hydrogens is 450 g/mol. The second-order valence-electron chi connectivity index (χ2n) is 6.39. The van der Waals surface area contributed by atoms with Crippen LogP contribution in [-0.4, -0.2) is 58.2 Å². The number of aliphatic hydroxyl groups excluding tert-OH is 1. The van der Waals surface area contributed by atoms with Crippen LogP contribution in [0, 0.1) is 0 Å². The van der Waals surface area contributed by atoms with Gasteiger partial charge in [-0.15, -0.1) is 0 Å². The number of sulfonamides is 1. The Labute approximate surface area is 184 Å². The first-order valence-electron chi connectivity index (χ1n) is 8.97. The lowest BCUT2D eigenvalue weighted by Crippen LogP contribution is -2.48. The fourth-order valence-corrected chi connectivity index (χ4v) is 3.91. The molecule has 0 radical (unpaired) electrons. The molecule has 2 aromatic rings. The van der Waals surface area contributed by atoms with E-state index >= 15 is 0 Å². The van der Waals surface area contributed by atoms with E-state index < -0.39 is 40.5 Å². The van der Waals surface area contributed by atoms with Crippen LogP contribution < -0.4 is 14.2 Å². The predicted octanol–water partition coefficient (Wildman–Crippen LogP) is 1.81. The second kappa shape index (κ2) is 10.6. The molecule has 0 aliphatic rings. The number of nitrogens with one attached hydrogen (secondary N) is 1. The molecule has 0 heterocycles. The van der Waals surface area contributed by atoms with Gasteiger partial charge in [0.1, 0.15) is 17.5 Å². The fourth-order valence-electron chi connectivity index (χ4n) is 2.53. The zero-order valence-corrected chi connectivity index (χ0v) is 18.6. The van der Waals surface area contributed by atoms with Crippen molar-refractivity contribution in [2.24, 2.45) is 0 Å². The minimum Gasteiger partial charge on any atom is -0.497 e. The van der Waals surface area contributed by atoms with Crippen LogP contribution in [0.15, 0.2) is 47.4 Å². The van der Waals surface area contributed by atoms with Crippen LogP contribution in [0.2, 0.25) is 5.02 Å². The zero-order chi connectivity index (χ0) is 23.2. The van der Waals surface area contributed by atoms with E-state index in [1.54, 1.807) is 6.07 Å². The van der Waals surface area contributed by atoms with Crippen LogP contribution in [0.25, 0.3) is 0 Å². The number of benzene rings is 2. The number of carbonyl (C=O) groups is 2.